The molecule has 1 fully saturated rings. The lowest BCUT2D eigenvalue weighted by molar-refractivity contribution is -0.118. The minimum absolute atomic E-state index is 0.0971. The average Bonchev–Trinajstić information content (AvgIpc) is 2.89. The highest BCUT2D eigenvalue weighted by molar-refractivity contribution is 6.30. The summed E-state index contributed by atoms with van der Waals surface area (Å²) in [5.41, 5.74) is 2.58. The van der Waals surface area contributed by atoms with Crippen molar-refractivity contribution in [3.8, 4) is 0 Å². The molecular formula is C18H18ClN3O2. The second-order valence-corrected chi connectivity index (χ2v) is 6.21. The fraction of sp³-hybridized carbons (Fsp3) is 0.222. The minimum Gasteiger partial charge on any atom is -0.326 e. The first-order valence-electron chi connectivity index (χ1n) is 7.74. The van der Waals surface area contributed by atoms with Gasteiger partial charge in [0.15, 0.2) is 0 Å². The van der Waals surface area contributed by atoms with Gasteiger partial charge in [-0.25, -0.2) is 4.79 Å². The van der Waals surface area contributed by atoms with Gasteiger partial charge in [-0.2, -0.15) is 0 Å². The van der Waals surface area contributed by atoms with Crippen molar-refractivity contribution in [2.75, 3.05) is 16.8 Å². The smallest absolute Gasteiger partial charge is 0.319 e. The summed E-state index contributed by atoms with van der Waals surface area (Å²) in [5.74, 6) is -0.0971. The van der Waals surface area contributed by atoms with Crippen LogP contribution in [-0.4, -0.2) is 24.5 Å². The van der Waals surface area contributed by atoms with Crippen LogP contribution in [0.4, 0.5) is 16.2 Å². The maximum atomic E-state index is 12.5. The van der Waals surface area contributed by atoms with Gasteiger partial charge in [0, 0.05) is 22.9 Å². The lowest BCUT2D eigenvalue weighted by Crippen LogP contribution is -2.43. The Kier molecular flexibility index (Phi) is 4.71. The van der Waals surface area contributed by atoms with Gasteiger partial charge < -0.3 is 15.5 Å². The number of carbonyl (C=O) groups is 2. The third kappa shape index (κ3) is 3.68. The molecule has 1 atom stereocenters. The highest BCUT2D eigenvalue weighted by Gasteiger charge is 2.33. The summed E-state index contributed by atoms with van der Waals surface area (Å²) in [6, 6.07) is 13.7. The minimum atomic E-state index is -0.523. The summed E-state index contributed by atoms with van der Waals surface area (Å²) in [6.45, 7) is 2.59. The number of anilines is 2. The molecule has 2 N–H and O–H groups in total. The third-order valence-corrected chi connectivity index (χ3v) is 4.17. The predicted molar refractivity (Wildman–Crippen MR) is 95.5 cm³/mol. The molecule has 0 saturated carbocycles. The molecule has 1 saturated heterocycles. The number of aryl methyl sites for hydroxylation is 1. The van der Waals surface area contributed by atoms with Crippen LogP contribution in [0.2, 0.25) is 5.02 Å². The monoisotopic (exact) mass is 343 g/mol. The normalized spacial score (nSPS) is 17.0. The zero-order chi connectivity index (χ0) is 17.1. The Bertz CT molecular complexity index is 761. The standard InChI is InChI=1S/C18H18ClN3O2/c1-12-5-7-15(8-6-12)22-10-9-16(17(22)23)21-18(24)20-14-4-2-3-13(19)11-14/h2-8,11,16H,9-10H2,1H3,(H2,20,21,24). The third-order valence-electron chi connectivity index (χ3n) is 3.94. The summed E-state index contributed by atoms with van der Waals surface area (Å²) in [4.78, 5) is 26.3. The van der Waals surface area contributed by atoms with Gasteiger partial charge in [-0.15, -0.1) is 0 Å². The van der Waals surface area contributed by atoms with E-state index in [1.54, 1.807) is 29.2 Å². The van der Waals surface area contributed by atoms with Crippen LogP contribution < -0.4 is 15.5 Å². The first-order valence-corrected chi connectivity index (χ1v) is 8.12. The molecule has 2 aromatic rings. The molecule has 1 heterocycles. The van der Waals surface area contributed by atoms with Gasteiger partial charge in [-0.1, -0.05) is 35.4 Å². The molecule has 0 spiro atoms. The molecule has 3 amide bonds. The van der Waals surface area contributed by atoms with E-state index in [9.17, 15) is 9.59 Å². The zero-order valence-corrected chi connectivity index (χ0v) is 14.0. The van der Waals surface area contributed by atoms with Crippen molar-refractivity contribution in [3.05, 3.63) is 59.1 Å². The molecule has 2 aromatic carbocycles. The zero-order valence-electron chi connectivity index (χ0n) is 13.3. The van der Waals surface area contributed by atoms with Gasteiger partial charge in [0.05, 0.1) is 0 Å². The Morgan fingerprint density at radius 3 is 2.67 bits per heavy atom. The van der Waals surface area contributed by atoms with E-state index in [1.165, 1.54) is 0 Å². The van der Waals surface area contributed by atoms with Crippen LogP contribution in [0.1, 0.15) is 12.0 Å². The number of hydrogen-bond acceptors (Lipinski definition) is 2. The van der Waals surface area contributed by atoms with E-state index in [0.29, 0.717) is 23.7 Å². The summed E-state index contributed by atoms with van der Waals surface area (Å²) in [5, 5.41) is 5.95. The molecule has 1 aliphatic rings. The molecule has 0 aromatic heterocycles. The van der Waals surface area contributed by atoms with E-state index in [1.807, 2.05) is 31.2 Å². The van der Waals surface area contributed by atoms with Crippen LogP contribution in [0.3, 0.4) is 0 Å². The van der Waals surface area contributed by atoms with E-state index in [2.05, 4.69) is 10.6 Å². The molecule has 6 heteroatoms. The number of hydrogen-bond donors (Lipinski definition) is 2. The number of rotatable bonds is 3. The molecule has 0 aliphatic carbocycles. The van der Waals surface area contributed by atoms with Gasteiger partial charge in [-0.3, -0.25) is 4.79 Å². The number of nitrogens with zero attached hydrogens (tertiary/aromatic N) is 1. The first-order chi connectivity index (χ1) is 11.5. The Hall–Kier alpha value is -2.53. The number of amides is 3. The van der Waals surface area contributed by atoms with E-state index < -0.39 is 12.1 Å². The number of urea groups is 1. The first kappa shape index (κ1) is 16.3. The van der Waals surface area contributed by atoms with Gasteiger partial charge >= 0.3 is 6.03 Å². The van der Waals surface area contributed by atoms with Crippen molar-refractivity contribution in [1.29, 1.82) is 0 Å². The van der Waals surface area contributed by atoms with Crippen LogP contribution in [0.15, 0.2) is 48.5 Å². The lowest BCUT2D eigenvalue weighted by atomic mass is 10.2. The average molecular weight is 344 g/mol. The van der Waals surface area contributed by atoms with Crippen molar-refractivity contribution in [1.82, 2.24) is 5.32 Å². The maximum absolute atomic E-state index is 12.5. The molecule has 3 rings (SSSR count). The topological polar surface area (TPSA) is 61.4 Å². The molecule has 0 bridgehead atoms. The fourth-order valence-corrected chi connectivity index (χ4v) is 2.88. The van der Waals surface area contributed by atoms with Crippen LogP contribution in [-0.2, 0) is 4.79 Å². The molecule has 5 nitrogen and oxygen atoms in total. The van der Waals surface area contributed by atoms with Crippen molar-refractivity contribution in [2.45, 2.75) is 19.4 Å². The van der Waals surface area contributed by atoms with Crippen LogP contribution >= 0.6 is 11.6 Å². The summed E-state index contributed by atoms with van der Waals surface area (Å²) >= 11 is 5.89. The summed E-state index contributed by atoms with van der Waals surface area (Å²) in [6.07, 6.45) is 0.579. The largest absolute Gasteiger partial charge is 0.326 e. The van der Waals surface area contributed by atoms with Crippen molar-refractivity contribution in [3.63, 3.8) is 0 Å². The van der Waals surface area contributed by atoms with Gasteiger partial charge in [-0.05, 0) is 43.7 Å². The summed E-state index contributed by atoms with van der Waals surface area (Å²) < 4.78 is 0. The second-order valence-electron chi connectivity index (χ2n) is 5.78. The Morgan fingerprint density at radius 1 is 1.21 bits per heavy atom. The van der Waals surface area contributed by atoms with Gasteiger partial charge in [0.1, 0.15) is 6.04 Å². The van der Waals surface area contributed by atoms with Crippen molar-refractivity contribution >= 4 is 34.9 Å². The van der Waals surface area contributed by atoms with E-state index in [4.69, 9.17) is 11.6 Å². The summed E-state index contributed by atoms with van der Waals surface area (Å²) in [7, 11) is 0. The molecule has 124 valence electrons. The van der Waals surface area contributed by atoms with Crippen LogP contribution in [0.5, 0.6) is 0 Å². The number of carbonyl (C=O) groups excluding carboxylic acids is 2. The lowest BCUT2D eigenvalue weighted by Gasteiger charge is -2.17. The van der Waals surface area contributed by atoms with Crippen molar-refractivity contribution < 1.29 is 9.59 Å². The van der Waals surface area contributed by atoms with Crippen LogP contribution in [0, 0.1) is 6.92 Å². The van der Waals surface area contributed by atoms with Gasteiger partial charge in [0.25, 0.3) is 0 Å². The molecule has 24 heavy (non-hydrogen) atoms. The Balaban J connectivity index is 1.61. The molecule has 0 radical (unpaired) electrons. The number of benzene rings is 2. The van der Waals surface area contributed by atoms with E-state index in [-0.39, 0.29) is 5.91 Å². The van der Waals surface area contributed by atoms with Crippen LogP contribution in [0.25, 0.3) is 0 Å². The molecule has 1 aliphatic heterocycles. The second kappa shape index (κ2) is 6.93. The van der Waals surface area contributed by atoms with E-state index in [0.717, 1.165) is 11.3 Å². The Labute approximate surface area is 145 Å². The highest BCUT2D eigenvalue weighted by Crippen LogP contribution is 2.22. The molecule has 1 unspecified atom stereocenters. The molecular weight excluding hydrogens is 326 g/mol. The van der Waals surface area contributed by atoms with Crippen molar-refractivity contribution in [2.24, 2.45) is 0 Å². The van der Waals surface area contributed by atoms with E-state index >= 15 is 0 Å². The number of halogens is 1. The predicted octanol–water partition coefficient (Wildman–Crippen LogP) is 3.58. The quantitative estimate of drug-likeness (QED) is 0.894. The number of nitrogens with one attached hydrogen (secondary N) is 2. The SMILES string of the molecule is Cc1ccc(N2CCC(NC(=O)Nc3cccc(Cl)c3)C2=O)cc1. The Morgan fingerprint density at radius 2 is 1.96 bits per heavy atom. The highest BCUT2D eigenvalue weighted by atomic mass is 35.5. The fourth-order valence-electron chi connectivity index (χ4n) is 2.69. The van der Waals surface area contributed by atoms with Gasteiger partial charge in [0.2, 0.25) is 5.91 Å². The maximum Gasteiger partial charge on any atom is 0.319 e.